The third-order valence-corrected chi connectivity index (χ3v) is 6.16. The SMILES string of the molecule is CC1(C)C2CCC1(C)C(OCc1ccnc(Cl)c1)C2. The first-order valence-electron chi connectivity index (χ1n) is 7.15. The quantitative estimate of drug-likeness (QED) is 0.762. The number of rotatable bonds is 3. The number of fused-ring (bicyclic) bond motifs is 2. The number of aromatic nitrogens is 1. The fraction of sp³-hybridized carbons (Fsp3) is 0.688. The molecule has 2 aliphatic rings. The van der Waals surface area contributed by atoms with Crippen LogP contribution < -0.4 is 0 Å². The van der Waals surface area contributed by atoms with Gasteiger partial charge < -0.3 is 4.74 Å². The molecule has 3 heteroatoms. The van der Waals surface area contributed by atoms with Gasteiger partial charge in [-0.15, -0.1) is 0 Å². The average Bonchev–Trinajstić information content (AvgIpc) is 2.69. The first kappa shape index (κ1) is 13.4. The molecule has 1 heterocycles. The van der Waals surface area contributed by atoms with Crippen LogP contribution in [0, 0.1) is 16.7 Å². The number of hydrogen-bond donors (Lipinski definition) is 0. The number of ether oxygens (including phenoxy) is 1. The molecule has 2 aliphatic carbocycles. The van der Waals surface area contributed by atoms with Crippen molar-refractivity contribution in [3.63, 3.8) is 0 Å². The molecule has 1 aromatic rings. The molecule has 0 spiro atoms. The average molecular weight is 280 g/mol. The van der Waals surface area contributed by atoms with Crippen molar-refractivity contribution in [2.24, 2.45) is 16.7 Å². The van der Waals surface area contributed by atoms with Crippen LogP contribution >= 0.6 is 11.6 Å². The molecule has 1 aromatic heterocycles. The number of pyridine rings is 1. The van der Waals surface area contributed by atoms with Crippen molar-refractivity contribution in [1.82, 2.24) is 4.98 Å². The lowest BCUT2D eigenvalue weighted by molar-refractivity contribution is -0.0550. The molecule has 3 rings (SSSR count). The summed E-state index contributed by atoms with van der Waals surface area (Å²) in [6.45, 7) is 7.88. The van der Waals surface area contributed by atoms with Gasteiger partial charge in [-0.1, -0.05) is 32.4 Å². The maximum Gasteiger partial charge on any atom is 0.129 e. The Morgan fingerprint density at radius 3 is 2.79 bits per heavy atom. The van der Waals surface area contributed by atoms with Crippen LogP contribution in [0.4, 0.5) is 0 Å². The first-order chi connectivity index (χ1) is 8.93. The van der Waals surface area contributed by atoms with E-state index in [0.717, 1.165) is 11.5 Å². The molecule has 3 atom stereocenters. The van der Waals surface area contributed by atoms with Crippen molar-refractivity contribution < 1.29 is 4.74 Å². The standard InChI is InChI=1S/C16H22ClNO/c1-15(2)12-4-6-16(15,3)13(9-12)19-10-11-5-7-18-14(17)8-11/h5,7-8,12-13H,4,6,9-10H2,1-3H3. The summed E-state index contributed by atoms with van der Waals surface area (Å²) in [7, 11) is 0. The summed E-state index contributed by atoms with van der Waals surface area (Å²) in [6.07, 6.45) is 6.00. The van der Waals surface area contributed by atoms with Crippen LogP contribution in [0.2, 0.25) is 5.15 Å². The van der Waals surface area contributed by atoms with Gasteiger partial charge in [0.25, 0.3) is 0 Å². The fourth-order valence-corrected chi connectivity index (χ4v) is 4.31. The summed E-state index contributed by atoms with van der Waals surface area (Å²) in [5.74, 6) is 0.823. The zero-order chi connectivity index (χ0) is 13.7. The van der Waals surface area contributed by atoms with E-state index < -0.39 is 0 Å². The maximum absolute atomic E-state index is 6.23. The predicted octanol–water partition coefficient (Wildman–Crippen LogP) is 4.47. The van der Waals surface area contributed by atoms with Crippen LogP contribution in [0.5, 0.6) is 0 Å². The first-order valence-corrected chi connectivity index (χ1v) is 7.53. The third kappa shape index (κ3) is 2.00. The zero-order valence-corrected chi connectivity index (χ0v) is 12.7. The summed E-state index contributed by atoms with van der Waals surface area (Å²) in [4.78, 5) is 4.00. The normalized spacial score (nSPS) is 35.8. The molecule has 0 N–H and O–H groups in total. The molecule has 2 fully saturated rings. The van der Waals surface area contributed by atoms with E-state index in [9.17, 15) is 0 Å². The van der Waals surface area contributed by atoms with Crippen molar-refractivity contribution in [2.45, 2.75) is 52.7 Å². The van der Waals surface area contributed by atoms with Crippen molar-refractivity contribution in [1.29, 1.82) is 0 Å². The van der Waals surface area contributed by atoms with E-state index in [4.69, 9.17) is 16.3 Å². The monoisotopic (exact) mass is 279 g/mol. The minimum absolute atomic E-state index is 0.328. The molecule has 0 amide bonds. The third-order valence-electron chi connectivity index (χ3n) is 5.96. The minimum atomic E-state index is 0.328. The van der Waals surface area contributed by atoms with E-state index in [1.165, 1.54) is 19.3 Å². The molecule has 0 saturated heterocycles. The van der Waals surface area contributed by atoms with Gasteiger partial charge in [0.1, 0.15) is 5.15 Å². The molecule has 0 radical (unpaired) electrons. The van der Waals surface area contributed by atoms with Gasteiger partial charge in [0.05, 0.1) is 12.7 Å². The Balaban J connectivity index is 1.69. The highest BCUT2D eigenvalue weighted by molar-refractivity contribution is 6.29. The van der Waals surface area contributed by atoms with Crippen LogP contribution in [0.3, 0.4) is 0 Å². The largest absolute Gasteiger partial charge is 0.373 e. The second-order valence-electron chi connectivity index (χ2n) is 6.90. The molecule has 3 unspecified atom stereocenters. The lowest BCUT2D eigenvalue weighted by Gasteiger charge is -2.38. The Labute approximate surface area is 120 Å². The van der Waals surface area contributed by atoms with Gasteiger partial charge in [-0.2, -0.15) is 0 Å². The molecule has 0 aliphatic heterocycles. The summed E-state index contributed by atoms with van der Waals surface area (Å²) in [5.41, 5.74) is 1.85. The van der Waals surface area contributed by atoms with E-state index in [1.54, 1.807) is 6.20 Å². The smallest absolute Gasteiger partial charge is 0.129 e. The molecule has 104 valence electrons. The summed E-state index contributed by atoms with van der Waals surface area (Å²) >= 11 is 5.91. The summed E-state index contributed by atoms with van der Waals surface area (Å²) in [5, 5.41) is 0.542. The number of nitrogens with zero attached hydrogens (tertiary/aromatic N) is 1. The van der Waals surface area contributed by atoms with Crippen LogP contribution in [0.1, 0.15) is 45.6 Å². The molecule has 0 aromatic carbocycles. The number of halogens is 1. The van der Waals surface area contributed by atoms with Crippen molar-refractivity contribution in [2.75, 3.05) is 0 Å². The Morgan fingerprint density at radius 1 is 1.42 bits per heavy atom. The van der Waals surface area contributed by atoms with Gasteiger partial charge in [-0.25, -0.2) is 4.98 Å². The van der Waals surface area contributed by atoms with Gasteiger partial charge in [-0.05, 0) is 53.7 Å². The van der Waals surface area contributed by atoms with E-state index in [-0.39, 0.29) is 0 Å². The topological polar surface area (TPSA) is 22.1 Å². The highest BCUT2D eigenvalue weighted by Crippen LogP contribution is 2.66. The van der Waals surface area contributed by atoms with E-state index in [0.29, 0.717) is 28.7 Å². The molecular weight excluding hydrogens is 258 g/mol. The van der Waals surface area contributed by atoms with Gasteiger partial charge in [0.2, 0.25) is 0 Å². The fourth-order valence-electron chi connectivity index (χ4n) is 4.11. The Hall–Kier alpha value is -0.600. The maximum atomic E-state index is 6.23. The van der Waals surface area contributed by atoms with Crippen molar-refractivity contribution >= 4 is 11.6 Å². The van der Waals surface area contributed by atoms with Gasteiger partial charge >= 0.3 is 0 Å². The number of hydrogen-bond acceptors (Lipinski definition) is 2. The Bertz CT molecular complexity index is 487. The van der Waals surface area contributed by atoms with Crippen LogP contribution in [-0.2, 0) is 11.3 Å². The lowest BCUT2D eigenvalue weighted by Crippen LogP contribution is -2.37. The predicted molar refractivity (Wildman–Crippen MR) is 77.1 cm³/mol. The summed E-state index contributed by atoms with van der Waals surface area (Å²) in [6, 6.07) is 3.87. The van der Waals surface area contributed by atoms with Crippen LogP contribution in [-0.4, -0.2) is 11.1 Å². The lowest BCUT2D eigenvalue weighted by atomic mass is 9.70. The van der Waals surface area contributed by atoms with Crippen molar-refractivity contribution in [3.05, 3.63) is 29.0 Å². The van der Waals surface area contributed by atoms with Gasteiger partial charge in [-0.3, -0.25) is 0 Å². The molecule has 2 nitrogen and oxygen atoms in total. The second kappa shape index (κ2) is 4.46. The molecular formula is C16H22ClNO. The Morgan fingerprint density at radius 2 is 2.21 bits per heavy atom. The second-order valence-corrected chi connectivity index (χ2v) is 7.28. The molecule has 2 bridgehead atoms. The Kier molecular flexibility index (Phi) is 3.14. The molecule has 19 heavy (non-hydrogen) atoms. The van der Waals surface area contributed by atoms with E-state index in [1.807, 2.05) is 12.1 Å². The van der Waals surface area contributed by atoms with Crippen LogP contribution in [0.25, 0.3) is 0 Å². The van der Waals surface area contributed by atoms with Gasteiger partial charge in [0, 0.05) is 6.20 Å². The van der Waals surface area contributed by atoms with Crippen LogP contribution in [0.15, 0.2) is 18.3 Å². The summed E-state index contributed by atoms with van der Waals surface area (Å²) < 4.78 is 6.23. The van der Waals surface area contributed by atoms with E-state index >= 15 is 0 Å². The highest BCUT2D eigenvalue weighted by Gasteiger charge is 2.61. The van der Waals surface area contributed by atoms with Gasteiger partial charge in [0.15, 0.2) is 0 Å². The minimum Gasteiger partial charge on any atom is -0.373 e. The van der Waals surface area contributed by atoms with E-state index in [2.05, 4.69) is 25.8 Å². The van der Waals surface area contributed by atoms with Crippen molar-refractivity contribution in [3.8, 4) is 0 Å². The highest BCUT2D eigenvalue weighted by atomic mass is 35.5. The zero-order valence-electron chi connectivity index (χ0n) is 11.9. The molecule has 2 saturated carbocycles.